The Balaban J connectivity index is 2.24. The SMILES string of the molecule is CCN[C@]1(C#N)[C@H]2[C@@H](C[C@@H]1F)[C@@H]2C(=O)O. The molecule has 0 aromatic rings. The van der Waals surface area contributed by atoms with Crippen LogP contribution in [0, 0.1) is 29.1 Å². The number of halogens is 1. The maximum absolute atomic E-state index is 13.7. The summed E-state index contributed by atoms with van der Waals surface area (Å²) >= 11 is 0. The molecule has 2 aliphatic carbocycles. The van der Waals surface area contributed by atoms with E-state index in [1.807, 2.05) is 6.07 Å². The van der Waals surface area contributed by atoms with Crippen LogP contribution in [-0.2, 0) is 4.79 Å². The summed E-state index contributed by atoms with van der Waals surface area (Å²) in [5, 5.41) is 20.8. The number of aliphatic carboxylic acids is 1. The van der Waals surface area contributed by atoms with E-state index < -0.39 is 23.6 Å². The fourth-order valence-electron chi connectivity index (χ4n) is 2.96. The van der Waals surface area contributed by atoms with Gasteiger partial charge in [-0.2, -0.15) is 5.26 Å². The molecule has 2 rings (SSSR count). The average Bonchev–Trinajstić information content (AvgIpc) is 2.82. The fraction of sp³-hybridized carbons (Fsp3) is 0.800. The number of nitrogens with zero attached hydrogens (tertiary/aromatic N) is 1. The summed E-state index contributed by atoms with van der Waals surface area (Å²) in [6.45, 7) is 2.26. The van der Waals surface area contributed by atoms with Gasteiger partial charge in [-0.15, -0.1) is 0 Å². The van der Waals surface area contributed by atoms with E-state index in [2.05, 4.69) is 5.32 Å². The van der Waals surface area contributed by atoms with Gasteiger partial charge in [0.15, 0.2) is 0 Å². The molecule has 0 aliphatic heterocycles. The lowest BCUT2D eigenvalue weighted by atomic mass is 9.90. The molecule has 0 radical (unpaired) electrons. The quantitative estimate of drug-likeness (QED) is 0.716. The van der Waals surface area contributed by atoms with Gasteiger partial charge in [-0.25, -0.2) is 4.39 Å². The van der Waals surface area contributed by atoms with Gasteiger partial charge in [0.05, 0.1) is 12.0 Å². The summed E-state index contributed by atoms with van der Waals surface area (Å²) in [4.78, 5) is 10.8. The summed E-state index contributed by atoms with van der Waals surface area (Å²) in [6, 6.07) is 1.95. The molecule has 2 N–H and O–H groups in total. The average molecular weight is 212 g/mol. The lowest BCUT2D eigenvalue weighted by Gasteiger charge is -2.27. The van der Waals surface area contributed by atoms with Crippen LogP contribution >= 0.6 is 0 Å². The third kappa shape index (κ3) is 1.18. The first-order chi connectivity index (χ1) is 7.08. The molecule has 5 atom stereocenters. The van der Waals surface area contributed by atoms with Crippen LogP contribution in [0.3, 0.4) is 0 Å². The highest BCUT2D eigenvalue weighted by atomic mass is 19.1. The molecule has 5 heteroatoms. The van der Waals surface area contributed by atoms with E-state index in [4.69, 9.17) is 10.4 Å². The zero-order valence-electron chi connectivity index (χ0n) is 8.40. The Labute approximate surface area is 87.1 Å². The maximum Gasteiger partial charge on any atom is 0.307 e. The van der Waals surface area contributed by atoms with Crippen molar-refractivity contribution in [1.82, 2.24) is 5.32 Å². The molecule has 0 heterocycles. The van der Waals surface area contributed by atoms with Crippen molar-refractivity contribution in [1.29, 1.82) is 5.26 Å². The van der Waals surface area contributed by atoms with Gasteiger partial charge < -0.3 is 5.11 Å². The summed E-state index contributed by atoms with van der Waals surface area (Å²) < 4.78 is 13.7. The van der Waals surface area contributed by atoms with E-state index in [0.717, 1.165) is 0 Å². The Kier molecular flexibility index (Phi) is 2.19. The summed E-state index contributed by atoms with van der Waals surface area (Å²) in [7, 11) is 0. The number of carbonyl (C=O) groups is 1. The van der Waals surface area contributed by atoms with Crippen LogP contribution in [0.4, 0.5) is 4.39 Å². The number of hydrogen-bond donors (Lipinski definition) is 2. The molecular formula is C10H13FN2O2. The van der Waals surface area contributed by atoms with Crippen molar-refractivity contribution in [2.24, 2.45) is 17.8 Å². The monoisotopic (exact) mass is 212 g/mol. The van der Waals surface area contributed by atoms with Gasteiger partial charge in [-0.05, 0) is 18.9 Å². The first-order valence-corrected chi connectivity index (χ1v) is 5.11. The third-order valence-electron chi connectivity index (χ3n) is 3.61. The number of alkyl halides is 1. The largest absolute Gasteiger partial charge is 0.481 e. The molecule has 15 heavy (non-hydrogen) atoms. The van der Waals surface area contributed by atoms with Crippen molar-refractivity contribution in [3.05, 3.63) is 0 Å². The number of rotatable bonds is 3. The second kappa shape index (κ2) is 3.17. The Hall–Kier alpha value is -1.15. The smallest absolute Gasteiger partial charge is 0.307 e. The van der Waals surface area contributed by atoms with Crippen LogP contribution in [0.1, 0.15) is 13.3 Å². The lowest BCUT2D eigenvalue weighted by Crippen LogP contribution is -2.52. The van der Waals surface area contributed by atoms with Crippen LogP contribution in [0.25, 0.3) is 0 Å². The van der Waals surface area contributed by atoms with Crippen molar-refractivity contribution in [3.63, 3.8) is 0 Å². The van der Waals surface area contributed by atoms with E-state index in [1.165, 1.54) is 0 Å². The highest BCUT2D eigenvalue weighted by Crippen LogP contribution is 2.62. The zero-order valence-corrected chi connectivity index (χ0v) is 8.40. The summed E-state index contributed by atoms with van der Waals surface area (Å²) in [6.07, 6.45) is -1.05. The number of nitriles is 1. The third-order valence-corrected chi connectivity index (χ3v) is 3.61. The minimum Gasteiger partial charge on any atom is -0.481 e. The molecule has 2 saturated carbocycles. The maximum atomic E-state index is 13.7. The van der Waals surface area contributed by atoms with Gasteiger partial charge in [0.2, 0.25) is 0 Å². The molecule has 2 aliphatic rings. The number of carboxylic acids is 1. The Morgan fingerprint density at radius 3 is 2.93 bits per heavy atom. The fourth-order valence-corrected chi connectivity index (χ4v) is 2.96. The highest BCUT2D eigenvalue weighted by Gasteiger charge is 2.73. The Bertz CT molecular complexity index is 341. The predicted molar refractivity (Wildman–Crippen MR) is 49.6 cm³/mol. The molecule has 82 valence electrons. The molecule has 0 saturated heterocycles. The van der Waals surface area contributed by atoms with Crippen LogP contribution in [0.2, 0.25) is 0 Å². The minimum atomic E-state index is -1.26. The van der Waals surface area contributed by atoms with Crippen LogP contribution in [0.5, 0.6) is 0 Å². The van der Waals surface area contributed by atoms with Gasteiger partial charge in [-0.1, -0.05) is 6.92 Å². The van der Waals surface area contributed by atoms with Gasteiger partial charge >= 0.3 is 5.97 Å². The zero-order chi connectivity index (χ0) is 11.2. The van der Waals surface area contributed by atoms with Crippen molar-refractivity contribution >= 4 is 5.97 Å². The topological polar surface area (TPSA) is 73.1 Å². The number of fused-ring (bicyclic) bond motifs is 1. The van der Waals surface area contributed by atoms with E-state index in [0.29, 0.717) is 6.54 Å². The standard InChI is InChI=1S/C10H13FN2O2/c1-2-13-10(4-12)6(11)3-5-7(8(5)10)9(14)15/h5-8,13H,2-3H2,1H3,(H,14,15)/t5-,6-,7-,8-,10-/m0/s1. The van der Waals surface area contributed by atoms with Crippen LogP contribution in [-0.4, -0.2) is 29.3 Å². The van der Waals surface area contributed by atoms with Crippen molar-refractivity contribution in [3.8, 4) is 6.07 Å². The van der Waals surface area contributed by atoms with E-state index in [1.54, 1.807) is 6.92 Å². The number of hydrogen-bond acceptors (Lipinski definition) is 3. The summed E-state index contributed by atoms with van der Waals surface area (Å²) in [5.41, 5.74) is -1.26. The van der Waals surface area contributed by atoms with E-state index >= 15 is 0 Å². The molecule has 0 unspecified atom stereocenters. The van der Waals surface area contributed by atoms with Crippen LogP contribution in [0.15, 0.2) is 0 Å². The van der Waals surface area contributed by atoms with Crippen LogP contribution < -0.4 is 5.32 Å². The van der Waals surface area contributed by atoms with Crippen molar-refractivity contribution in [2.45, 2.75) is 25.1 Å². The number of nitrogens with one attached hydrogen (secondary N) is 1. The number of carboxylic acid groups (broad SMARTS) is 1. The van der Waals surface area contributed by atoms with E-state index in [-0.39, 0.29) is 18.3 Å². The van der Waals surface area contributed by atoms with Crippen molar-refractivity contribution in [2.75, 3.05) is 6.54 Å². The molecule has 0 aromatic carbocycles. The Morgan fingerprint density at radius 1 is 1.80 bits per heavy atom. The summed E-state index contributed by atoms with van der Waals surface area (Å²) in [5.74, 6) is -1.95. The van der Waals surface area contributed by atoms with Gasteiger partial charge in [0.1, 0.15) is 11.7 Å². The van der Waals surface area contributed by atoms with E-state index in [9.17, 15) is 9.18 Å². The molecule has 4 nitrogen and oxygen atoms in total. The normalized spacial score (nSPS) is 47.0. The molecule has 0 spiro atoms. The predicted octanol–water partition coefficient (Wildman–Crippen LogP) is 0.547. The van der Waals surface area contributed by atoms with Gasteiger partial charge in [0.25, 0.3) is 0 Å². The molecule has 0 aromatic heterocycles. The van der Waals surface area contributed by atoms with Gasteiger partial charge in [0, 0.05) is 5.92 Å². The first kappa shape index (κ1) is 10.4. The minimum absolute atomic E-state index is 0.156. The molecule has 0 bridgehead atoms. The molecule has 0 amide bonds. The second-order valence-electron chi connectivity index (χ2n) is 4.27. The molecule has 2 fully saturated rings. The highest BCUT2D eigenvalue weighted by molar-refractivity contribution is 5.76. The lowest BCUT2D eigenvalue weighted by molar-refractivity contribution is -0.139. The Morgan fingerprint density at radius 2 is 2.47 bits per heavy atom. The van der Waals surface area contributed by atoms with Crippen molar-refractivity contribution < 1.29 is 14.3 Å². The first-order valence-electron chi connectivity index (χ1n) is 5.11. The van der Waals surface area contributed by atoms with Gasteiger partial charge in [-0.3, -0.25) is 10.1 Å². The molecular weight excluding hydrogens is 199 g/mol. The second-order valence-corrected chi connectivity index (χ2v) is 4.27.